The maximum atomic E-state index is 5.15. The Labute approximate surface area is 113 Å². The lowest BCUT2D eigenvalue weighted by Gasteiger charge is -2.29. The number of anilines is 1. The quantitative estimate of drug-likeness (QED) is 0.902. The molecule has 0 saturated carbocycles. The van der Waals surface area contributed by atoms with Gasteiger partial charge in [-0.25, -0.2) is 0 Å². The molecule has 3 nitrogen and oxygen atoms in total. The first-order chi connectivity index (χ1) is 8.65. The summed E-state index contributed by atoms with van der Waals surface area (Å²) in [5.41, 5.74) is 1.16. The monoisotopic (exact) mass is 264 g/mol. The Balaban J connectivity index is 2.08. The molecular formula is C14H20N2OS. The van der Waals surface area contributed by atoms with E-state index in [1.807, 2.05) is 24.3 Å². The molecule has 0 aromatic heterocycles. The van der Waals surface area contributed by atoms with Crippen molar-refractivity contribution in [3.8, 4) is 5.75 Å². The second-order valence-electron chi connectivity index (χ2n) is 4.72. The Hall–Kier alpha value is -1.16. The van der Waals surface area contributed by atoms with E-state index in [1.54, 1.807) is 18.9 Å². The number of nitrogens with one attached hydrogen (secondary N) is 1. The molecular weight excluding hydrogens is 244 g/mol. The minimum atomic E-state index is 0.0973. The number of benzene rings is 1. The van der Waals surface area contributed by atoms with Crippen molar-refractivity contribution in [2.75, 3.05) is 18.2 Å². The zero-order chi connectivity index (χ0) is 13.0. The van der Waals surface area contributed by atoms with E-state index in [2.05, 4.69) is 19.2 Å². The van der Waals surface area contributed by atoms with Gasteiger partial charge in [-0.05, 0) is 44.0 Å². The van der Waals surface area contributed by atoms with E-state index in [4.69, 9.17) is 9.73 Å². The van der Waals surface area contributed by atoms with Gasteiger partial charge in [0, 0.05) is 11.4 Å². The van der Waals surface area contributed by atoms with Crippen LogP contribution in [0.1, 0.15) is 26.7 Å². The minimum absolute atomic E-state index is 0.0973. The molecule has 2 rings (SSSR count). The summed E-state index contributed by atoms with van der Waals surface area (Å²) in [5, 5.41) is 4.40. The van der Waals surface area contributed by atoms with Crippen molar-refractivity contribution in [1.82, 2.24) is 0 Å². The van der Waals surface area contributed by atoms with Crippen molar-refractivity contribution in [1.29, 1.82) is 0 Å². The number of ether oxygens (including phenoxy) is 1. The van der Waals surface area contributed by atoms with E-state index in [0.717, 1.165) is 35.2 Å². The number of methoxy groups -OCH3 is 1. The van der Waals surface area contributed by atoms with Crippen LogP contribution in [0.2, 0.25) is 0 Å². The minimum Gasteiger partial charge on any atom is -0.497 e. The van der Waals surface area contributed by atoms with E-state index in [1.165, 1.54) is 0 Å². The van der Waals surface area contributed by atoms with Crippen molar-refractivity contribution in [2.45, 2.75) is 32.2 Å². The van der Waals surface area contributed by atoms with Gasteiger partial charge in [0.2, 0.25) is 0 Å². The van der Waals surface area contributed by atoms with E-state index in [-0.39, 0.29) is 5.54 Å². The zero-order valence-electron chi connectivity index (χ0n) is 11.2. The second kappa shape index (κ2) is 5.65. The van der Waals surface area contributed by atoms with Crippen LogP contribution in [0.5, 0.6) is 5.75 Å². The lowest BCUT2D eigenvalue weighted by atomic mass is 9.97. The molecule has 0 fully saturated rings. The topological polar surface area (TPSA) is 33.6 Å². The highest BCUT2D eigenvalue weighted by Gasteiger charge is 2.25. The van der Waals surface area contributed by atoms with Gasteiger partial charge in [-0.1, -0.05) is 18.7 Å². The number of rotatable bonds is 3. The van der Waals surface area contributed by atoms with Gasteiger partial charge in [-0.3, -0.25) is 4.99 Å². The average Bonchev–Trinajstić information content (AvgIpc) is 2.40. The molecule has 1 aliphatic heterocycles. The predicted molar refractivity (Wildman–Crippen MR) is 79.8 cm³/mol. The first-order valence-electron chi connectivity index (χ1n) is 6.29. The predicted octanol–water partition coefficient (Wildman–Crippen LogP) is 3.77. The average molecular weight is 264 g/mol. The van der Waals surface area contributed by atoms with Gasteiger partial charge in [0.25, 0.3) is 0 Å². The molecule has 0 amide bonds. The Kier molecular flexibility index (Phi) is 4.17. The molecule has 0 radical (unpaired) electrons. The van der Waals surface area contributed by atoms with Gasteiger partial charge in [-0.15, -0.1) is 0 Å². The van der Waals surface area contributed by atoms with Gasteiger partial charge in [0.1, 0.15) is 5.75 Å². The molecule has 1 N–H and O–H groups in total. The van der Waals surface area contributed by atoms with Crippen LogP contribution >= 0.6 is 11.8 Å². The standard InChI is InChI=1S/C14H20N2OS/c1-4-14(2)9-10-18-13(16-14)15-11-5-7-12(17-3)8-6-11/h5-8H,4,9-10H2,1-3H3,(H,15,16). The molecule has 4 heteroatoms. The third-order valence-electron chi connectivity index (χ3n) is 3.35. The van der Waals surface area contributed by atoms with Crippen LogP contribution in [0.15, 0.2) is 29.3 Å². The van der Waals surface area contributed by atoms with Crippen LogP contribution in [0.3, 0.4) is 0 Å². The number of hydrogen-bond donors (Lipinski definition) is 1. The van der Waals surface area contributed by atoms with Crippen LogP contribution in [0, 0.1) is 0 Å². The maximum absolute atomic E-state index is 5.15. The van der Waals surface area contributed by atoms with E-state index in [0.29, 0.717) is 0 Å². The summed E-state index contributed by atoms with van der Waals surface area (Å²) in [6.45, 7) is 4.42. The van der Waals surface area contributed by atoms with Gasteiger partial charge in [0.05, 0.1) is 12.6 Å². The van der Waals surface area contributed by atoms with Gasteiger partial charge in [0.15, 0.2) is 5.17 Å². The van der Waals surface area contributed by atoms with Gasteiger partial charge in [-0.2, -0.15) is 0 Å². The highest BCUT2D eigenvalue weighted by atomic mass is 32.2. The third-order valence-corrected chi connectivity index (χ3v) is 4.23. The van der Waals surface area contributed by atoms with Crippen LogP contribution in [0.25, 0.3) is 0 Å². The number of aliphatic imine (C=N–C) groups is 1. The molecule has 1 heterocycles. The molecule has 18 heavy (non-hydrogen) atoms. The summed E-state index contributed by atoms with van der Waals surface area (Å²) in [6, 6.07) is 7.93. The van der Waals surface area contributed by atoms with Crippen molar-refractivity contribution < 1.29 is 4.74 Å². The van der Waals surface area contributed by atoms with Crippen molar-refractivity contribution in [2.24, 2.45) is 4.99 Å². The lowest BCUT2D eigenvalue weighted by molar-refractivity contribution is 0.415. The normalized spacial score (nSPS) is 23.4. The van der Waals surface area contributed by atoms with E-state index < -0.39 is 0 Å². The van der Waals surface area contributed by atoms with E-state index in [9.17, 15) is 0 Å². The van der Waals surface area contributed by atoms with Crippen molar-refractivity contribution in [3.63, 3.8) is 0 Å². The molecule has 0 bridgehead atoms. The van der Waals surface area contributed by atoms with Crippen LogP contribution in [-0.2, 0) is 0 Å². The number of hydrogen-bond acceptors (Lipinski definition) is 4. The van der Waals surface area contributed by atoms with Crippen LogP contribution < -0.4 is 10.1 Å². The van der Waals surface area contributed by atoms with Crippen LogP contribution in [0.4, 0.5) is 5.69 Å². The third kappa shape index (κ3) is 3.19. The summed E-state index contributed by atoms with van der Waals surface area (Å²) >= 11 is 1.79. The lowest BCUT2D eigenvalue weighted by Crippen LogP contribution is -2.29. The summed E-state index contributed by atoms with van der Waals surface area (Å²) in [4.78, 5) is 4.81. The largest absolute Gasteiger partial charge is 0.497 e. The maximum Gasteiger partial charge on any atom is 0.161 e. The molecule has 0 spiro atoms. The Morgan fingerprint density at radius 3 is 2.72 bits per heavy atom. The number of nitrogens with zero attached hydrogens (tertiary/aromatic N) is 1. The summed E-state index contributed by atoms with van der Waals surface area (Å²) in [6.07, 6.45) is 2.24. The van der Waals surface area contributed by atoms with Crippen molar-refractivity contribution in [3.05, 3.63) is 24.3 Å². The fraction of sp³-hybridized carbons (Fsp3) is 0.500. The molecule has 98 valence electrons. The molecule has 1 aromatic carbocycles. The molecule has 0 aliphatic carbocycles. The Morgan fingerprint density at radius 1 is 1.39 bits per heavy atom. The fourth-order valence-corrected chi connectivity index (χ4v) is 3.03. The number of amidine groups is 1. The van der Waals surface area contributed by atoms with Crippen molar-refractivity contribution >= 4 is 22.6 Å². The molecule has 0 saturated heterocycles. The molecule has 1 aromatic rings. The Morgan fingerprint density at radius 2 is 2.11 bits per heavy atom. The second-order valence-corrected chi connectivity index (χ2v) is 5.80. The highest BCUT2D eigenvalue weighted by Crippen LogP contribution is 2.30. The molecule has 1 unspecified atom stereocenters. The molecule has 1 atom stereocenters. The first-order valence-corrected chi connectivity index (χ1v) is 7.27. The van der Waals surface area contributed by atoms with Gasteiger partial charge >= 0.3 is 0 Å². The smallest absolute Gasteiger partial charge is 0.161 e. The summed E-state index contributed by atoms with van der Waals surface area (Å²) < 4.78 is 5.15. The summed E-state index contributed by atoms with van der Waals surface area (Å²) in [5.74, 6) is 2.00. The highest BCUT2D eigenvalue weighted by molar-refractivity contribution is 8.14. The van der Waals surface area contributed by atoms with E-state index >= 15 is 0 Å². The zero-order valence-corrected chi connectivity index (χ0v) is 12.0. The van der Waals surface area contributed by atoms with Crippen LogP contribution in [-0.4, -0.2) is 23.6 Å². The van der Waals surface area contributed by atoms with Gasteiger partial charge < -0.3 is 10.1 Å². The first kappa shape index (κ1) is 13.3. The summed E-state index contributed by atoms with van der Waals surface area (Å²) in [7, 11) is 1.68. The SMILES string of the molecule is CCC1(C)CCSC(Nc2ccc(OC)cc2)=N1. The fourth-order valence-electron chi connectivity index (χ4n) is 1.82. The number of thioether (sulfide) groups is 1. The molecule has 1 aliphatic rings. The Bertz CT molecular complexity index is 430.